The Morgan fingerprint density at radius 1 is 0.269 bits per heavy atom. The number of ketones is 2. The van der Waals surface area contributed by atoms with Crippen molar-refractivity contribution in [1.29, 1.82) is 0 Å². The maximum absolute atomic E-state index is 15.1. The van der Waals surface area contributed by atoms with Gasteiger partial charge in [-0.15, -0.1) is 12.6 Å². The largest absolute Gasteiger partial charge is 0.294 e. The van der Waals surface area contributed by atoms with Gasteiger partial charge >= 0.3 is 0 Å². The van der Waals surface area contributed by atoms with Crippen LogP contribution in [0.1, 0.15) is 44.5 Å². The van der Waals surface area contributed by atoms with Crippen molar-refractivity contribution in [2.24, 2.45) is 0 Å². The van der Waals surface area contributed by atoms with Crippen molar-refractivity contribution in [2.45, 2.75) is 19.6 Å². The fourth-order valence-electron chi connectivity index (χ4n) is 8.48. The smallest absolute Gasteiger partial charge is 0.289 e. The summed E-state index contributed by atoms with van der Waals surface area (Å²) < 4.78 is 102. The molecule has 7 aromatic rings. The number of hydrogen-bond acceptors (Lipinski definition) is 9. The van der Waals surface area contributed by atoms with E-state index in [1.54, 1.807) is 78.9 Å². The van der Waals surface area contributed by atoms with Gasteiger partial charge in [-0.05, 0) is 93.0 Å². The molecule has 0 fully saturated rings. The van der Waals surface area contributed by atoms with Crippen LogP contribution in [-0.4, -0.2) is 50.5 Å². The van der Waals surface area contributed by atoms with Crippen LogP contribution in [0.15, 0.2) is 202 Å². The lowest BCUT2D eigenvalue weighted by Crippen LogP contribution is -2.04. The lowest BCUT2D eigenvalue weighted by molar-refractivity contribution is -0.109. The Morgan fingerprint density at radius 3 is 0.701 bits per heavy atom. The van der Waals surface area contributed by atoms with Crippen molar-refractivity contribution >= 4 is 99.1 Å². The van der Waals surface area contributed by atoms with Crippen molar-refractivity contribution in [3.8, 4) is 0 Å². The van der Waals surface area contributed by atoms with Gasteiger partial charge in [0.1, 0.15) is 0 Å². The monoisotopic (exact) mass is 962 g/mol. The summed E-state index contributed by atoms with van der Waals surface area (Å²) in [6.07, 6.45) is 0. The first-order valence-electron chi connectivity index (χ1n) is 20.2. The molecule has 0 bridgehead atoms. The third-order valence-corrected chi connectivity index (χ3v) is 14.4. The molecule has 9 rings (SSSR count). The number of allylic oxidation sites excluding steroid dienone is 8. The van der Waals surface area contributed by atoms with Crippen LogP contribution in [0, 0.1) is 0 Å². The van der Waals surface area contributed by atoms with Gasteiger partial charge in [-0.2, -0.15) is 25.3 Å². The van der Waals surface area contributed by atoms with Crippen LogP contribution >= 0.6 is 12.6 Å². The highest BCUT2D eigenvalue weighted by Crippen LogP contribution is 2.52. The van der Waals surface area contributed by atoms with Crippen molar-refractivity contribution in [1.82, 2.24) is 0 Å². The fraction of sp³-hybridized carbons (Fsp3) is 0. The fourth-order valence-corrected chi connectivity index (χ4v) is 10.1. The zero-order chi connectivity index (χ0) is 47.4. The average Bonchev–Trinajstić information content (AvgIpc) is 3.80. The zero-order valence-electron chi connectivity index (χ0n) is 34.6. The molecule has 0 radical (unpaired) electrons. The van der Waals surface area contributed by atoms with Crippen LogP contribution in [0.5, 0.6) is 0 Å². The van der Waals surface area contributed by atoms with E-state index in [1.165, 1.54) is 72.8 Å². The summed E-state index contributed by atoms with van der Waals surface area (Å²) in [5.74, 6) is -0.828. The number of carbonyl (C=O) groups excluding carboxylic acids is 2. The molecule has 0 saturated carbocycles. The molecule has 2 aliphatic carbocycles. The molecule has 3 N–H and O–H groups in total. The number of rotatable bonds is 11. The van der Waals surface area contributed by atoms with Gasteiger partial charge in [-0.1, -0.05) is 133 Å². The van der Waals surface area contributed by atoms with E-state index in [1.807, 2.05) is 30.3 Å². The first-order valence-corrected chi connectivity index (χ1v) is 25.0. The predicted molar refractivity (Wildman–Crippen MR) is 259 cm³/mol. The van der Waals surface area contributed by atoms with Gasteiger partial charge in [0.05, 0.1) is 14.7 Å². The highest BCUT2D eigenvalue weighted by molar-refractivity contribution is 7.86. The molecule has 67 heavy (non-hydrogen) atoms. The molecular weight excluding hydrogens is 929 g/mol. The van der Waals surface area contributed by atoms with Crippen molar-refractivity contribution in [3.63, 3.8) is 0 Å². The van der Waals surface area contributed by atoms with Crippen LogP contribution in [0.2, 0.25) is 0 Å². The van der Waals surface area contributed by atoms with Crippen LogP contribution in [0.3, 0.4) is 0 Å². The quantitative estimate of drug-likeness (QED) is 0.0711. The lowest BCUT2D eigenvalue weighted by atomic mass is 9.86. The summed E-state index contributed by atoms with van der Waals surface area (Å²) in [4.78, 5) is 29.6. The number of hydrogen-bond donors (Lipinski definition) is 4. The molecule has 0 spiro atoms. The second kappa shape index (κ2) is 17.3. The predicted octanol–water partition coefficient (Wildman–Crippen LogP) is 9.92. The van der Waals surface area contributed by atoms with Gasteiger partial charge in [-0.3, -0.25) is 23.2 Å². The van der Waals surface area contributed by atoms with E-state index in [9.17, 15) is 38.9 Å². The van der Waals surface area contributed by atoms with Crippen molar-refractivity contribution in [2.75, 3.05) is 0 Å². The summed E-state index contributed by atoms with van der Waals surface area (Å²) in [6, 6.07) is 48.3. The molecular formula is C52H34O11S4. The third-order valence-electron chi connectivity index (χ3n) is 11.5. The molecule has 0 aliphatic heterocycles. The second-order valence-electron chi connectivity index (χ2n) is 15.5. The van der Waals surface area contributed by atoms with Crippen LogP contribution in [0.4, 0.5) is 0 Å². The first kappa shape index (κ1) is 45.1. The Bertz CT molecular complexity index is 3650. The molecule has 0 amide bonds. The average molecular weight is 963 g/mol. The van der Waals surface area contributed by atoms with Crippen LogP contribution in [-0.2, 0) is 39.9 Å². The molecule has 2 aliphatic rings. The van der Waals surface area contributed by atoms with Gasteiger partial charge in [0, 0.05) is 49.5 Å². The van der Waals surface area contributed by atoms with Crippen molar-refractivity contribution in [3.05, 3.63) is 226 Å². The third kappa shape index (κ3) is 8.61. The maximum atomic E-state index is 15.1. The Morgan fingerprint density at radius 2 is 0.463 bits per heavy atom. The van der Waals surface area contributed by atoms with E-state index in [4.69, 9.17) is 0 Å². The number of carbonyl (C=O) groups is 2. The summed E-state index contributed by atoms with van der Waals surface area (Å²) in [7, 11) is -13.7. The minimum absolute atomic E-state index is 0.164. The Hall–Kier alpha value is -7.08. The molecule has 0 heterocycles. The van der Waals surface area contributed by atoms with E-state index in [0.717, 1.165) is 0 Å². The summed E-state index contributed by atoms with van der Waals surface area (Å²) >= 11 is 4.47. The first-order chi connectivity index (χ1) is 31.9. The van der Waals surface area contributed by atoms with Gasteiger partial charge < -0.3 is 0 Å². The van der Waals surface area contributed by atoms with Crippen LogP contribution in [0.25, 0.3) is 44.6 Å². The van der Waals surface area contributed by atoms with E-state index >= 15 is 9.59 Å². The van der Waals surface area contributed by atoms with Gasteiger partial charge in [-0.25, -0.2) is 0 Å². The standard InChI is InChI=1S/C52H34O11S4/c53-51-47(35-15-23-39(64)24-16-35)43(31-7-3-1-4-8-31)45(49(51)37-19-27-41(28-20-37)66(58,59)60)33-11-13-34(14-12-33)46-44(32-9-5-2-6-10-32)48(36-17-25-40(26-18-36)65(55,56)57)52(54)50(46)38-21-29-42(30-22-38)67(61,62)63/h1-30,64H,(H,55,56,57)(H,58,59,60)(H,61,62,63). The van der Waals surface area contributed by atoms with Crippen molar-refractivity contribution < 1.29 is 48.5 Å². The number of benzene rings is 7. The lowest BCUT2D eigenvalue weighted by Gasteiger charge is -2.16. The van der Waals surface area contributed by atoms with Gasteiger partial charge in [0.2, 0.25) is 0 Å². The SMILES string of the molecule is O=C1C(c2ccc(S)cc2)=C(c2ccccc2)C(c2ccc(C3=C(c4ccc(S(=O)(=O)O)cc4)C(=O)C(c4ccc(S(=O)(=O)O)cc4)=C3c3ccccc3)cc2)=C1c1ccc(S(=O)(=O)O)cc1. The Labute approximate surface area is 391 Å². The Balaban J connectivity index is 1.31. The minimum atomic E-state index is -4.60. The second-order valence-corrected chi connectivity index (χ2v) is 20.3. The molecule has 0 unspecified atom stereocenters. The minimum Gasteiger partial charge on any atom is -0.289 e. The zero-order valence-corrected chi connectivity index (χ0v) is 37.9. The van der Waals surface area contributed by atoms with Gasteiger partial charge in [0.15, 0.2) is 11.6 Å². The van der Waals surface area contributed by atoms with E-state index in [-0.39, 0.29) is 32.3 Å². The molecule has 0 saturated heterocycles. The molecule has 332 valence electrons. The normalized spacial score (nSPS) is 14.7. The van der Waals surface area contributed by atoms with Gasteiger partial charge in [0.25, 0.3) is 30.4 Å². The molecule has 7 aromatic carbocycles. The summed E-state index contributed by atoms with van der Waals surface area (Å²) in [6.45, 7) is 0. The highest BCUT2D eigenvalue weighted by Gasteiger charge is 2.38. The molecule has 15 heteroatoms. The number of thiol groups is 1. The highest BCUT2D eigenvalue weighted by atomic mass is 32.2. The maximum Gasteiger partial charge on any atom is 0.294 e. The topological polar surface area (TPSA) is 197 Å². The molecule has 0 atom stereocenters. The van der Waals surface area contributed by atoms with E-state index in [2.05, 4.69) is 12.6 Å². The van der Waals surface area contributed by atoms with E-state index in [0.29, 0.717) is 77.3 Å². The number of Topliss-reactive ketones (excluding diaryl/α,β-unsaturated/α-hetero) is 2. The molecule has 0 aromatic heterocycles. The summed E-state index contributed by atoms with van der Waals surface area (Å²) in [5, 5.41) is 0. The van der Waals surface area contributed by atoms with E-state index < -0.39 is 41.0 Å². The van der Waals surface area contributed by atoms with Crippen LogP contribution < -0.4 is 0 Å². The Kier molecular flexibility index (Phi) is 11.6. The molecule has 11 nitrogen and oxygen atoms in total. The summed E-state index contributed by atoms with van der Waals surface area (Å²) in [5.41, 5.74) is 7.02.